The van der Waals surface area contributed by atoms with Gasteiger partial charge in [0, 0.05) is 16.5 Å². The van der Waals surface area contributed by atoms with Gasteiger partial charge in [0.1, 0.15) is 10.6 Å². The van der Waals surface area contributed by atoms with E-state index in [0.717, 1.165) is 29.0 Å². The van der Waals surface area contributed by atoms with Crippen LogP contribution in [0.25, 0.3) is 10.8 Å². The topological polar surface area (TPSA) is 235 Å². The van der Waals surface area contributed by atoms with Crippen LogP contribution in [0.5, 0.6) is 0 Å². The van der Waals surface area contributed by atoms with Gasteiger partial charge in [-0.3, -0.25) is 9.11 Å². The lowest BCUT2D eigenvalue weighted by molar-refractivity contribution is 0.481. The largest absolute Gasteiger partial charge is 0.425 e. The molecule has 0 heterocycles. The van der Waals surface area contributed by atoms with E-state index in [1.807, 2.05) is 12.1 Å². The molecule has 4 N–H and O–H groups in total. The summed E-state index contributed by atoms with van der Waals surface area (Å²) in [6, 6.07) is 19.2. The molecule has 17 heteroatoms. The molecular formula is C22H17N5O9S3. The number of hydrogen-bond donors (Lipinski definition) is 3. The Morgan fingerprint density at radius 1 is 0.615 bits per heavy atom. The second-order valence-corrected chi connectivity index (χ2v) is 10.6. The van der Waals surface area contributed by atoms with E-state index in [2.05, 4.69) is 20.5 Å². The summed E-state index contributed by atoms with van der Waals surface area (Å²) < 4.78 is 90.2. The molecular weight excluding hydrogens is 574 g/mol. The fraction of sp³-hybridized carbons (Fsp3) is 0. The number of nitrogen functional groups attached to an aromatic ring is 1. The lowest BCUT2D eigenvalue weighted by atomic mass is 10.1. The van der Waals surface area contributed by atoms with E-state index in [1.165, 1.54) is 24.3 Å². The van der Waals surface area contributed by atoms with E-state index in [-0.39, 0.29) is 22.0 Å². The van der Waals surface area contributed by atoms with Gasteiger partial charge in [-0.25, -0.2) is 0 Å². The minimum absolute atomic E-state index is 0.0772. The van der Waals surface area contributed by atoms with Gasteiger partial charge in [0.05, 0.1) is 22.0 Å². The maximum Gasteiger partial charge on any atom is 0.425 e. The zero-order chi connectivity index (χ0) is 28.8. The first-order chi connectivity index (χ1) is 18.3. The van der Waals surface area contributed by atoms with Crippen molar-refractivity contribution in [2.24, 2.45) is 20.5 Å². The fourth-order valence-electron chi connectivity index (χ4n) is 3.16. The van der Waals surface area contributed by atoms with Crippen molar-refractivity contribution in [3.05, 3.63) is 78.9 Å². The molecule has 0 aliphatic heterocycles. The predicted octanol–water partition coefficient (Wildman–Crippen LogP) is 4.74. The number of hydrogen-bond acceptors (Lipinski definition) is 12. The lowest BCUT2D eigenvalue weighted by Crippen LogP contribution is -1.98. The average Bonchev–Trinajstić information content (AvgIpc) is 2.86. The SMILES string of the molecule is Nc1ccc(N=Nc2ccc(N=Nc3ccc(S(=O)(=O)O)cc3)cc2S(=O)(=O)O)c2ccccc12.O=S(=O)=O. The fourth-order valence-corrected chi connectivity index (χ4v) is 4.28. The molecule has 0 radical (unpaired) electrons. The van der Waals surface area contributed by atoms with Gasteiger partial charge in [0.2, 0.25) is 0 Å². The molecule has 0 aliphatic rings. The summed E-state index contributed by atoms with van der Waals surface area (Å²) in [5.74, 6) is 0. The predicted molar refractivity (Wildman–Crippen MR) is 139 cm³/mol. The molecule has 0 aliphatic carbocycles. The van der Waals surface area contributed by atoms with Crippen LogP contribution in [0.3, 0.4) is 0 Å². The Morgan fingerprint density at radius 2 is 1.13 bits per heavy atom. The molecule has 4 aromatic carbocycles. The Morgan fingerprint density at radius 3 is 1.72 bits per heavy atom. The third-order valence-electron chi connectivity index (χ3n) is 4.84. The molecule has 0 bridgehead atoms. The number of anilines is 1. The van der Waals surface area contributed by atoms with E-state index in [1.54, 1.807) is 24.3 Å². The molecule has 0 fully saturated rings. The Bertz CT molecular complexity index is 1920. The third-order valence-corrected chi connectivity index (χ3v) is 6.59. The minimum atomic E-state index is -4.68. The molecule has 0 unspecified atom stereocenters. The summed E-state index contributed by atoms with van der Waals surface area (Å²) in [6.07, 6.45) is 0. The highest BCUT2D eigenvalue weighted by Gasteiger charge is 2.17. The van der Waals surface area contributed by atoms with Crippen LogP contribution in [0.1, 0.15) is 0 Å². The van der Waals surface area contributed by atoms with E-state index in [9.17, 15) is 21.4 Å². The Kier molecular flexibility index (Phi) is 8.94. The number of nitrogens with two attached hydrogens (primary N) is 1. The molecule has 0 saturated carbocycles. The van der Waals surface area contributed by atoms with Gasteiger partial charge in [-0.1, -0.05) is 24.3 Å². The number of azo groups is 2. The number of fused-ring (bicyclic) bond motifs is 1. The summed E-state index contributed by atoms with van der Waals surface area (Å²) >= 11 is 0. The molecule has 0 aromatic heterocycles. The molecule has 0 atom stereocenters. The monoisotopic (exact) mass is 591 g/mol. The van der Waals surface area contributed by atoms with Crippen LogP contribution in [0.2, 0.25) is 0 Å². The standard InChI is InChI=1S/C22H17N5O6S2.O3S/c23-19-10-12-20(18-4-2-1-3-17(18)19)26-27-21-11-7-15(13-22(21)35(31,32)33)25-24-14-5-8-16(9-6-14)34(28,29)30;1-4(2)3/h1-13H,23H2,(H,28,29,30)(H,31,32,33);. The summed E-state index contributed by atoms with van der Waals surface area (Å²) in [6.45, 7) is 0. The van der Waals surface area contributed by atoms with Crippen molar-refractivity contribution in [3.8, 4) is 0 Å². The Balaban J connectivity index is 0.000000983. The number of benzene rings is 4. The van der Waals surface area contributed by atoms with Crippen molar-refractivity contribution in [3.63, 3.8) is 0 Å². The van der Waals surface area contributed by atoms with Crippen LogP contribution in [-0.2, 0) is 30.8 Å². The van der Waals surface area contributed by atoms with E-state index >= 15 is 0 Å². The molecule has 0 amide bonds. The highest BCUT2D eigenvalue weighted by molar-refractivity contribution is 7.86. The maximum atomic E-state index is 12.0. The van der Waals surface area contributed by atoms with Gasteiger partial charge < -0.3 is 5.73 Å². The van der Waals surface area contributed by atoms with Gasteiger partial charge >= 0.3 is 10.6 Å². The van der Waals surface area contributed by atoms with Crippen molar-refractivity contribution in [2.45, 2.75) is 9.79 Å². The highest BCUT2D eigenvalue weighted by atomic mass is 32.2. The zero-order valence-corrected chi connectivity index (χ0v) is 21.8. The van der Waals surface area contributed by atoms with Gasteiger partial charge in [0.25, 0.3) is 20.2 Å². The highest BCUT2D eigenvalue weighted by Crippen LogP contribution is 2.34. The number of nitrogens with zero attached hydrogens (tertiary/aromatic N) is 4. The van der Waals surface area contributed by atoms with Crippen molar-refractivity contribution < 1.29 is 38.6 Å². The first-order valence-electron chi connectivity index (χ1n) is 10.3. The first-order valence-corrected chi connectivity index (χ1v) is 14.2. The van der Waals surface area contributed by atoms with Crippen molar-refractivity contribution >= 4 is 70.1 Å². The summed E-state index contributed by atoms with van der Waals surface area (Å²) in [5, 5.41) is 17.4. The Hall–Kier alpha value is -4.42. The number of rotatable bonds is 6. The van der Waals surface area contributed by atoms with Crippen LogP contribution in [0.15, 0.2) is 109 Å². The molecule has 0 spiro atoms. The Labute approximate surface area is 223 Å². The first kappa shape index (κ1) is 29.1. The zero-order valence-electron chi connectivity index (χ0n) is 19.3. The van der Waals surface area contributed by atoms with Gasteiger partial charge in [-0.15, -0.1) is 22.9 Å². The lowest BCUT2D eigenvalue weighted by Gasteiger charge is -2.05. The quantitative estimate of drug-likeness (QED) is 0.158. The third kappa shape index (κ3) is 8.03. The van der Waals surface area contributed by atoms with Gasteiger partial charge in [-0.05, 0) is 54.6 Å². The van der Waals surface area contributed by atoms with E-state index < -0.39 is 35.7 Å². The van der Waals surface area contributed by atoms with Gasteiger partial charge in [-0.2, -0.15) is 27.1 Å². The summed E-state index contributed by atoms with van der Waals surface area (Å²) in [7, 11) is -12.1. The van der Waals surface area contributed by atoms with E-state index in [0.29, 0.717) is 11.4 Å². The second-order valence-electron chi connectivity index (χ2n) is 7.42. The van der Waals surface area contributed by atoms with Crippen molar-refractivity contribution in [1.82, 2.24) is 0 Å². The van der Waals surface area contributed by atoms with Crippen molar-refractivity contribution in [2.75, 3.05) is 5.73 Å². The molecule has 0 saturated heterocycles. The molecule has 4 rings (SSSR count). The van der Waals surface area contributed by atoms with Crippen molar-refractivity contribution in [1.29, 1.82) is 0 Å². The minimum Gasteiger partial charge on any atom is -0.398 e. The van der Waals surface area contributed by atoms with Crippen LogP contribution < -0.4 is 5.73 Å². The molecule has 202 valence electrons. The van der Waals surface area contributed by atoms with Crippen LogP contribution in [-0.4, -0.2) is 38.6 Å². The normalized spacial score (nSPS) is 11.9. The molecule has 14 nitrogen and oxygen atoms in total. The van der Waals surface area contributed by atoms with Crippen LogP contribution in [0, 0.1) is 0 Å². The second kappa shape index (κ2) is 12.0. The summed E-state index contributed by atoms with van der Waals surface area (Å²) in [5.41, 5.74) is 7.19. The van der Waals surface area contributed by atoms with E-state index in [4.69, 9.17) is 22.9 Å². The molecule has 39 heavy (non-hydrogen) atoms. The molecule has 4 aromatic rings. The van der Waals surface area contributed by atoms with Gasteiger partial charge in [0.15, 0.2) is 0 Å². The maximum absolute atomic E-state index is 12.0. The summed E-state index contributed by atoms with van der Waals surface area (Å²) in [4.78, 5) is -0.840. The van der Waals surface area contributed by atoms with Crippen LogP contribution >= 0.6 is 0 Å². The smallest absolute Gasteiger partial charge is 0.398 e. The average molecular weight is 592 g/mol. The van der Waals surface area contributed by atoms with Crippen LogP contribution in [0.4, 0.5) is 28.4 Å².